The van der Waals surface area contributed by atoms with Crippen molar-refractivity contribution < 1.29 is 9.59 Å². The first-order valence-corrected chi connectivity index (χ1v) is 7.27. The van der Waals surface area contributed by atoms with Gasteiger partial charge in [0.05, 0.1) is 5.92 Å². The number of hydrogen-bond acceptors (Lipinski definition) is 3. The van der Waals surface area contributed by atoms with Crippen LogP contribution in [0.3, 0.4) is 0 Å². The zero-order valence-electron chi connectivity index (χ0n) is 12.9. The van der Waals surface area contributed by atoms with Gasteiger partial charge in [0.15, 0.2) is 0 Å². The van der Waals surface area contributed by atoms with E-state index in [4.69, 9.17) is 0 Å². The van der Waals surface area contributed by atoms with Gasteiger partial charge in [-0.15, -0.1) is 0 Å². The summed E-state index contributed by atoms with van der Waals surface area (Å²) in [6.45, 7) is 4.58. The van der Waals surface area contributed by atoms with Crippen LogP contribution in [-0.4, -0.2) is 61.9 Å². The molecule has 0 spiro atoms. The molecule has 0 bridgehead atoms. The van der Waals surface area contributed by atoms with Crippen LogP contribution in [0, 0.1) is 12.8 Å². The van der Waals surface area contributed by atoms with Crippen LogP contribution >= 0.6 is 0 Å². The van der Waals surface area contributed by atoms with Crippen LogP contribution in [0.2, 0.25) is 0 Å². The lowest BCUT2D eigenvalue weighted by Gasteiger charge is -2.23. The second-order valence-electron chi connectivity index (χ2n) is 5.69. The fourth-order valence-corrected chi connectivity index (χ4v) is 2.61. The Hall–Kier alpha value is -1.88. The Bertz CT molecular complexity index is 513. The zero-order valence-corrected chi connectivity index (χ0v) is 12.9. The Morgan fingerprint density at radius 3 is 2.43 bits per heavy atom. The van der Waals surface area contributed by atoms with Gasteiger partial charge >= 0.3 is 0 Å². The van der Waals surface area contributed by atoms with Crippen LogP contribution in [0.4, 0.5) is 0 Å². The first-order chi connectivity index (χ1) is 10.0. The molecule has 0 radical (unpaired) electrons. The van der Waals surface area contributed by atoms with Crippen molar-refractivity contribution in [2.24, 2.45) is 5.92 Å². The van der Waals surface area contributed by atoms with Crippen molar-refractivity contribution in [3.05, 3.63) is 35.4 Å². The monoisotopic (exact) mass is 289 g/mol. The molecule has 2 rings (SSSR count). The summed E-state index contributed by atoms with van der Waals surface area (Å²) in [6.07, 6.45) is 0. The minimum absolute atomic E-state index is 0.000738. The third kappa shape index (κ3) is 3.82. The summed E-state index contributed by atoms with van der Waals surface area (Å²) in [6, 6.07) is 7.57. The summed E-state index contributed by atoms with van der Waals surface area (Å²) in [5.74, 6) is -0.193. The van der Waals surface area contributed by atoms with Crippen LogP contribution < -0.4 is 5.32 Å². The molecule has 1 aromatic carbocycles. The molecular weight excluding hydrogens is 266 g/mol. The Morgan fingerprint density at radius 1 is 1.14 bits per heavy atom. The highest BCUT2D eigenvalue weighted by Gasteiger charge is 2.28. The molecule has 1 aliphatic rings. The van der Waals surface area contributed by atoms with E-state index in [1.165, 1.54) is 0 Å². The molecular formula is C16H23N3O2. The lowest BCUT2D eigenvalue weighted by molar-refractivity contribution is -0.125. The molecule has 0 saturated carbocycles. The first kappa shape index (κ1) is 15.5. The highest BCUT2D eigenvalue weighted by molar-refractivity contribution is 5.94. The highest BCUT2D eigenvalue weighted by Crippen LogP contribution is 2.13. The largest absolute Gasteiger partial charge is 0.359 e. The number of benzene rings is 1. The molecule has 2 amide bonds. The van der Waals surface area contributed by atoms with E-state index >= 15 is 0 Å². The number of nitrogens with one attached hydrogen (secondary N) is 1. The van der Waals surface area contributed by atoms with E-state index in [0.717, 1.165) is 12.1 Å². The van der Waals surface area contributed by atoms with E-state index < -0.39 is 0 Å². The van der Waals surface area contributed by atoms with Gasteiger partial charge in [-0.2, -0.15) is 0 Å². The van der Waals surface area contributed by atoms with Crippen molar-refractivity contribution >= 4 is 11.8 Å². The molecule has 1 unspecified atom stereocenters. The fourth-order valence-electron chi connectivity index (χ4n) is 2.61. The summed E-state index contributed by atoms with van der Waals surface area (Å²) in [4.78, 5) is 28.4. The maximum Gasteiger partial charge on any atom is 0.253 e. The predicted molar refractivity (Wildman–Crippen MR) is 82.1 cm³/mol. The number of amides is 2. The van der Waals surface area contributed by atoms with Gasteiger partial charge in [0.2, 0.25) is 5.91 Å². The number of carbonyl (C=O) groups is 2. The smallest absolute Gasteiger partial charge is 0.253 e. The van der Waals surface area contributed by atoms with Gasteiger partial charge in [0, 0.05) is 38.8 Å². The summed E-state index contributed by atoms with van der Waals surface area (Å²) in [5, 5.41) is 2.69. The van der Waals surface area contributed by atoms with E-state index in [1.54, 1.807) is 11.9 Å². The molecule has 1 heterocycles. The van der Waals surface area contributed by atoms with Gasteiger partial charge < -0.3 is 15.1 Å². The van der Waals surface area contributed by atoms with Crippen molar-refractivity contribution in [3.63, 3.8) is 0 Å². The van der Waals surface area contributed by atoms with Crippen LogP contribution in [0.1, 0.15) is 15.9 Å². The molecule has 5 nitrogen and oxygen atoms in total. The molecule has 0 aliphatic carbocycles. The highest BCUT2D eigenvalue weighted by atomic mass is 16.2. The maximum absolute atomic E-state index is 12.6. The Balaban J connectivity index is 2.15. The summed E-state index contributed by atoms with van der Waals surface area (Å²) >= 11 is 0. The molecule has 114 valence electrons. The second kappa shape index (κ2) is 6.72. The molecule has 0 aromatic heterocycles. The number of carbonyl (C=O) groups excluding carboxylic acids is 2. The molecule has 1 N–H and O–H groups in total. The average Bonchev–Trinajstić information content (AvgIpc) is 2.68. The third-order valence-corrected chi connectivity index (χ3v) is 3.93. The SMILES string of the molecule is CNC(=O)C1CN(C)CCN(C(=O)c2ccc(C)cc2)C1. The van der Waals surface area contributed by atoms with Gasteiger partial charge in [0.1, 0.15) is 0 Å². The number of nitrogens with zero attached hydrogens (tertiary/aromatic N) is 2. The number of rotatable bonds is 2. The van der Waals surface area contributed by atoms with Gasteiger partial charge in [-0.1, -0.05) is 17.7 Å². The number of hydrogen-bond donors (Lipinski definition) is 1. The van der Waals surface area contributed by atoms with Crippen molar-refractivity contribution in [2.45, 2.75) is 6.92 Å². The van der Waals surface area contributed by atoms with E-state index in [9.17, 15) is 9.59 Å². The number of aryl methyl sites for hydroxylation is 1. The summed E-state index contributed by atoms with van der Waals surface area (Å²) in [7, 11) is 3.62. The van der Waals surface area contributed by atoms with Gasteiger partial charge in [-0.25, -0.2) is 0 Å². The molecule has 1 aromatic rings. The maximum atomic E-state index is 12.6. The third-order valence-electron chi connectivity index (χ3n) is 3.93. The first-order valence-electron chi connectivity index (χ1n) is 7.27. The van der Waals surface area contributed by atoms with Gasteiger partial charge in [-0.3, -0.25) is 9.59 Å². The van der Waals surface area contributed by atoms with Gasteiger partial charge in [-0.05, 0) is 26.1 Å². The summed E-state index contributed by atoms with van der Waals surface area (Å²) in [5.41, 5.74) is 1.81. The van der Waals surface area contributed by atoms with Crippen molar-refractivity contribution in [1.82, 2.24) is 15.1 Å². The van der Waals surface area contributed by atoms with Crippen molar-refractivity contribution in [1.29, 1.82) is 0 Å². The second-order valence-corrected chi connectivity index (χ2v) is 5.69. The molecule has 21 heavy (non-hydrogen) atoms. The fraction of sp³-hybridized carbons (Fsp3) is 0.500. The quantitative estimate of drug-likeness (QED) is 0.874. The van der Waals surface area contributed by atoms with E-state index in [0.29, 0.717) is 25.2 Å². The molecule has 1 aliphatic heterocycles. The Labute approximate surface area is 125 Å². The van der Waals surface area contributed by atoms with Crippen molar-refractivity contribution in [3.8, 4) is 0 Å². The summed E-state index contributed by atoms with van der Waals surface area (Å²) < 4.78 is 0. The van der Waals surface area contributed by atoms with E-state index in [-0.39, 0.29) is 17.7 Å². The van der Waals surface area contributed by atoms with Crippen LogP contribution in [-0.2, 0) is 4.79 Å². The lowest BCUT2D eigenvalue weighted by atomic mass is 10.1. The lowest BCUT2D eigenvalue weighted by Crippen LogP contribution is -2.41. The standard InChI is InChI=1S/C16H23N3O2/c1-12-4-6-13(7-5-12)16(21)19-9-8-18(3)10-14(11-19)15(20)17-2/h4-7,14H,8-11H2,1-3H3,(H,17,20). The topological polar surface area (TPSA) is 52.7 Å². The molecule has 1 atom stereocenters. The van der Waals surface area contributed by atoms with E-state index in [1.807, 2.05) is 38.2 Å². The minimum atomic E-state index is -0.183. The Morgan fingerprint density at radius 2 is 1.81 bits per heavy atom. The van der Waals surface area contributed by atoms with Crippen LogP contribution in [0.25, 0.3) is 0 Å². The minimum Gasteiger partial charge on any atom is -0.359 e. The van der Waals surface area contributed by atoms with Crippen molar-refractivity contribution in [2.75, 3.05) is 40.3 Å². The normalized spacial score (nSPS) is 20.0. The zero-order chi connectivity index (χ0) is 15.4. The molecule has 1 fully saturated rings. The average molecular weight is 289 g/mol. The van der Waals surface area contributed by atoms with Crippen LogP contribution in [0.5, 0.6) is 0 Å². The molecule has 5 heteroatoms. The predicted octanol–water partition coefficient (Wildman–Crippen LogP) is 0.745. The molecule has 1 saturated heterocycles. The van der Waals surface area contributed by atoms with E-state index in [2.05, 4.69) is 10.2 Å². The van der Waals surface area contributed by atoms with Gasteiger partial charge in [0.25, 0.3) is 5.91 Å². The Kier molecular flexibility index (Phi) is 4.96. The number of likely N-dealkylation sites (N-methyl/N-ethyl adjacent to an activating group) is 1. The van der Waals surface area contributed by atoms with Crippen LogP contribution in [0.15, 0.2) is 24.3 Å².